The zero-order valence-electron chi connectivity index (χ0n) is 19.8. The lowest BCUT2D eigenvalue weighted by atomic mass is 10.0. The van der Waals surface area contributed by atoms with E-state index in [1.807, 2.05) is 37.3 Å². The summed E-state index contributed by atoms with van der Waals surface area (Å²) in [5.41, 5.74) is 4.07. The SMILES string of the molecule is Cc1nc2ccccc2cc1NC(=O)c1cn(-c2ccc3c(c2)CN(C2CCC(=O)NC2=O)C3=O)nn1. The van der Waals surface area contributed by atoms with Crippen molar-refractivity contribution in [1.29, 1.82) is 0 Å². The van der Waals surface area contributed by atoms with Gasteiger partial charge in [-0.3, -0.25) is 29.5 Å². The molecule has 2 aliphatic heterocycles. The van der Waals surface area contributed by atoms with Gasteiger partial charge in [0.15, 0.2) is 5.69 Å². The minimum atomic E-state index is -0.684. The van der Waals surface area contributed by atoms with Crippen LogP contribution in [0.3, 0.4) is 0 Å². The van der Waals surface area contributed by atoms with E-state index in [4.69, 9.17) is 0 Å². The summed E-state index contributed by atoms with van der Waals surface area (Å²) in [6.07, 6.45) is 2.00. The summed E-state index contributed by atoms with van der Waals surface area (Å²) in [4.78, 5) is 55.6. The number of aryl methyl sites for hydroxylation is 1. The molecule has 1 unspecified atom stereocenters. The number of hydrogen-bond acceptors (Lipinski definition) is 7. The number of aromatic nitrogens is 4. The lowest BCUT2D eigenvalue weighted by molar-refractivity contribution is -0.136. The maximum Gasteiger partial charge on any atom is 0.277 e. The highest BCUT2D eigenvalue weighted by molar-refractivity contribution is 6.06. The van der Waals surface area contributed by atoms with Crippen LogP contribution < -0.4 is 10.6 Å². The largest absolute Gasteiger partial charge is 0.322 e. The van der Waals surface area contributed by atoms with Gasteiger partial charge >= 0.3 is 0 Å². The molecule has 1 atom stereocenters. The number of piperidine rings is 1. The van der Waals surface area contributed by atoms with E-state index < -0.39 is 17.9 Å². The van der Waals surface area contributed by atoms with E-state index in [1.54, 1.807) is 18.2 Å². The van der Waals surface area contributed by atoms with Gasteiger partial charge in [-0.1, -0.05) is 23.4 Å². The molecule has 4 heterocycles. The van der Waals surface area contributed by atoms with Crippen LogP contribution in [-0.4, -0.2) is 54.5 Å². The number of imide groups is 1. The van der Waals surface area contributed by atoms with E-state index in [2.05, 4.69) is 25.9 Å². The normalized spacial score (nSPS) is 17.2. The third-order valence-corrected chi connectivity index (χ3v) is 6.66. The van der Waals surface area contributed by atoms with Crippen LogP contribution in [0, 0.1) is 6.92 Å². The summed E-state index contributed by atoms with van der Waals surface area (Å²) in [6.45, 7) is 2.06. The molecule has 2 aliphatic rings. The molecule has 0 saturated carbocycles. The molecule has 37 heavy (non-hydrogen) atoms. The van der Waals surface area contributed by atoms with Crippen molar-refractivity contribution in [3.63, 3.8) is 0 Å². The summed E-state index contributed by atoms with van der Waals surface area (Å²) < 4.78 is 1.46. The molecule has 11 nitrogen and oxygen atoms in total. The fraction of sp³-hybridized carbons (Fsp3) is 0.192. The monoisotopic (exact) mass is 495 g/mol. The van der Waals surface area contributed by atoms with Gasteiger partial charge in [0.1, 0.15) is 6.04 Å². The van der Waals surface area contributed by atoms with Crippen molar-refractivity contribution in [1.82, 2.24) is 30.2 Å². The molecule has 4 aromatic rings. The zero-order chi connectivity index (χ0) is 25.7. The van der Waals surface area contributed by atoms with E-state index >= 15 is 0 Å². The van der Waals surface area contributed by atoms with Gasteiger partial charge in [-0.05, 0) is 49.2 Å². The lowest BCUT2D eigenvalue weighted by Gasteiger charge is -2.29. The Hall–Kier alpha value is -4.93. The lowest BCUT2D eigenvalue weighted by Crippen LogP contribution is -2.52. The van der Waals surface area contributed by atoms with Crippen molar-refractivity contribution >= 4 is 40.2 Å². The molecule has 184 valence electrons. The maximum atomic E-state index is 12.9. The third kappa shape index (κ3) is 3.99. The van der Waals surface area contributed by atoms with Gasteiger partial charge in [-0.2, -0.15) is 0 Å². The Labute approximate surface area is 210 Å². The highest BCUT2D eigenvalue weighted by Crippen LogP contribution is 2.29. The molecule has 2 aromatic carbocycles. The first-order valence-electron chi connectivity index (χ1n) is 11.8. The number of pyridine rings is 1. The van der Waals surface area contributed by atoms with Crippen molar-refractivity contribution in [3.8, 4) is 5.69 Å². The second kappa shape index (κ2) is 8.63. The van der Waals surface area contributed by atoms with Crippen LogP contribution in [0.5, 0.6) is 0 Å². The average molecular weight is 495 g/mol. The minimum absolute atomic E-state index is 0.120. The molecule has 1 fully saturated rings. The van der Waals surface area contributed by atoms with Crippen molar-refractivity contribution < 1.29 is 19.2 Å². The Morgan fingerprint density at radius 1 is 1.11 bits per heavy atom. The van der Waals surface area contributed by atoms with Gasteiger partial charge in [0.05, 0.1) is 28.8 Å². The second-order valence-electron chi connectivity index (χ2n) is 9.06. The molecule has 0 radical (unpaired) electrons. The van der Waals surface area contributed by atoms with Gasteiger partial charge in [0.25, 0.3) is 11.8 Å². The Morgan fingerprint density at radius 2 is 1.95 bits per heavy atom. The van der Waals surface area contributed by atoms with Crippen LogP contribution in [-0.2, 0) is 16.1 Å². The van der Waals surface area contributed by atoms with Crippen LogP contribution in [0.15, 0.2) is 54.7 Å². The van der Waals surface area contributed by atoms with Crippen molar-refractivity contribution in [2.24, 2.45) is 0 Å². The number of para-hydroxylation sites is 1. The minimum Gasteiger partial charge on any atom is -0.322 e. The number of hydrogen-bond donors (Lipinski definition) is 2. The van der Waals surface area contributed by atoms with E-state index in [9.17, 15) is 19.2 Å². The van der Waals surface area contributed by atoms with Crippen LogP contribution in [0.25, 0.3) is 16.6 Å². The second-order valence-corrected chi connectivity index (χ2v) is 9.06. The summed E-state index contributed by atoms with van der Waals surface area (Å²) >= 11 is 0. The van der Waals surface area contributed by atoms with Crippen LogP contribution >= 0.6 is 0 Å². The van der Waals surface area contributed by atoms with Crippen molar-refractivity contribution in [3.05, 3.63) is 77.2 Å². The topological polar surface area (TPSA) is 139 Å². The van der Waals surface area contributed by atoms with Gasteiger partial charge in [-0.15, -0.1) is 5.10 Å². The van der Waals surface area contributed by atoms with Gasteiger partial charge in [0, 0.05) is 23.9 Å². The molecule has 6 rings (SSSR count). The van der Waals surface area contributed by atoms with Gasteiger partial charge in [-0.25, -0.2) is 4.68 Å². The fourth-order valence-electron chi connectivity index (χ4n) is 4.72. The third-order valence-electron chi connectivity index (χ3n) is 6.66. The number of carbonyl (C=O) groups is 4. The highest BCUT2D eigenvalue weighted by atomic mass is 16.2. The van der Waals surface area contributed by atoms with Crippen LogP contribution in [0.2, 0.25) is 0 Å². The molecular weight excluding hydrogens is 474 g/mol. The molecular formula is C26H21N7O4. The number of fused-ring (bicyclic) bond motifs is 2. The predicted octanol–water partition coefficient (Wildman–Crippen LogP) is 2.14. The number of rotatable bonds is 4. The summed E-state index contributed by atoms with van der Waals surface area (Å²) in [7, 11) is 0. The van der Waals surface area contributed by atoms with E-state index in [0.29, 0.717) is 29.1 Å². The molecule has 11 heteroatoms. The summed E-state index contributed by atoms with van der Waals surface area (Å²) in [5.74, 6) is -1.46. The number of amides is 4. The molecule has 4 amide bonds. The predicted molar refractivity (Wildman–Crippen MR) is 132 cm³/mol. The maximum absolute atomic E-state index is 12.9. The quantitative estimate of drug-likeness (QED) is 0.414. The number of anilines is 1. The molecule has 1 saturated heterocycles. The van der Waals surface area contributed by atoms with E-state index in [0.717, 1.165) is 16.5 Å². The Balaban J connectivity index is 1.20. The fourth-order valence-corrected chi connectivity index (χ4v) is 4.72. The van der Waals surface area contributed by atoms with Crippen molar-refractivity contribution in [2.75, 3.05) is 5.32 Å². The first kappa shape index (κ1) is 22.5. The molecule has 0 bridgehead atoms. The number of carbonyl (C=O) groups excluding carboxylic acids is 4. The Morgan fingerprint density at radius 3 is 2.78 bits per heavy atom. The standard InChI is InChI=1S/C26H21N7O4/c1-14-20(11-15-4-2-3-5-19(15)27-14)28-24(35)21-13-33(31-30-21)17-6-7-18-16(10-17)12-32(26(18)37)22-8-9-23(34)29-25(22)36/h2-7,10-11,13,22H,8-9,12H2,1H3,(H,28,35)(H,29,34,36). The van der Waals surface area contributed by atoms with E-state index in [1.165, 1.54) is 15.8 Å². The highest BCUT2D eigenvalue weighted by Gasteiger charge is 2.39. The smallest absolute Gasteiger partial charge is 0.277 e. The first-order chi connectivity index (χ1) is 17.9. The van der Waals surface area contributed by atoms with Crippen molar-refractivity contribution in [2.45, 2.75) is 32.4 Å². The van der Waals surface area contributed by atoms with Gasteiger partial charge < -0.3 is 10.2 Å². The molecule has 0 spiro atoms. The Kier molecular flexibility index (Phi) is 5.25. The molecule has 0 aliphatic carbocycles. The molecule has 2 N–H and O–H groups in total. The number of nitrogens with one attached hydrogen (secondary N) is 2. The summed E-state index contributed by atoms with van der Waals surface area (Å²) in [6, 6.07) is 14.0. The average Bonchev–Trinajstić information content (AvgIpc) is 3.50. The first-order valence-corrected chi connectivity index (χ1v) is 11.8. The van der Waals surface area contributed by atoms with E-state index in [-0.39, 0.29) is 30.5 Å². The van der Waals surface area contributed by atoms with Gasteiger partial charge in [0.2, 0.25) is 11.8 Å². The van der Waals surface area contributed by atoms with Crippen LogP contribution in [0.1, 0.15) is 44.9 Å². The zero-order valence-corrected chi connectivity index (χ0v) is 19.8. The number of nitrogens with zero attached hydrogens (tertiary/aromatic N) is 5. The Bertz CT molecular complexity index is 1630. The summed E-state index contributed by atoms with van der Waals surface area (Å²) in [5, 5.41) is 14.2. The number of benzene rings is 2. The van der Waals surface area contributed by atoms with Crippen LogP contribution in [0.4, 0.5) is 5.69 Å². The molecule has 2 aromatic heterocycles.